The van der Waals surface area contributed by atoms with Gasteiger partial charge in [-0.25, -0.2) is 0 Å². The number of benzene rings is 1. The number of halogens is 4. The lowest BCUT2D eigenvalue weighted by molar-refractivity contribution is -0.137. The molecule has 0 saturated heterocycles. The molecule has 98 valence electrons. The molecule has 0 aromatic heterocycles. The first-order chi connectivity index (χ1) is 8.30. The Balaban J connectivity index is 2.83. The molecule has 0 aliphatic heterocycles. The highest BCUT2D eigenvalue weighted by molar-refractivity contribution is 6.31. The summed E-state index contributed by atoms with van der Waals surface area (Å²) in [5, 5.41) is 2.17. The van der Waals surface area contributed by atoms with Crippen molar-refractivity contribution in [1.82, 2.24) is 5.32 Å². The molecule has 0 radical (unpaired) electrons. The van der Waals surface area contributed by atoms with Gasteiger partial charge < -0.3 is 5.32 Å². The minimum absolute atomic E-state index is 0.202. The van der Waals surface area contributed by atoms with Crippen LogP contribution in [0.15, 0.2) is 24.3 Å². The standard InChI is InChI=1S/C12H11ClF3NO/c1-8(18)17-6-2-3-9-4-5-11(13)10(7-9)12(14,15)16/h2-5,7H,6H2,1H3,(H,17,18). The molecule has 1 rings (SSSR count). The van der Waals surface area contributed by atoms with Crippen molar-refractivity contribution >= 4 is 23.6 Å². The summed E-state index contributed by atoms with van der Waals surface area (Å²) < 4.78 is 37.7. The monoisotopic (exact) mass is 277 g/mol. The first-order valence-electron chi connectivity index (χ1n) is 5.08. The van der Waals surface area contributed by atoms with Gasteiger partial charge in [0.25, 0.3) is 0 Å². The van der Waals surface area contributed by atoms with Crippen LogP contribution >= 0.6 is 11.6 Å². The zero-order chi connectivity index (χ0) is 13.8. The van der Waals surface area contributed by atoms with E-state index < -0.39 is 11.7 Å². The number of amides is 1. The van der Waals surface area contributed by atoms with Gasteiger partial charge in [-0.1, -0.05) is 29.8 Å². The van der Waals surface area contributed by atoms with Gasteiger partial charge in [-0.15, -0.1) is 0 Å². The molecule has 6 heteroatoms. The molecule has 0 atom stereocenters. The van der Waals surface area contributed by atoms with Crippen molar-refractivity contribution < 1.29 is 18.0 Å². The summed E-state index contributed by atoms with van der Waals surface area (Å²) in [4.78, 5) is 10.6. The zero-order valence-electron chi connectivity index (χ0n) is 9.51. The SMILES string of the molecule is CC(=O)NCC=Cc1ccc(Cl)c(C(F)(F)F)c1. The van der Waals surface area contributed by atoms with Crippen LogP contribution < -0.4 is 5.32 Å². The van der Waals surface area contributed by atoms with Crippen LogP contribution in [0.25, 0.3) is 6.08 Å². The number of hydrogen-bond donors (Lipinski definition) is 1. The van der Waals surface area contributed by atoms with Crippen LogP contribution in [0.1, 0.15) is 18.1 Å². The molecule has 0 unspecified atom stereocenters. The highest BCUT2D eigenvalue weighted by Gasteiger charge is 2.33. The van der Waals surface area contributed by atoms with Crippen LogP contribution in [0.5, 0.6) is 0 Å². The fraction of sp³-hybridized carbons (Fsp3) is 0.250. The number of carbonyl (C=O) groups is 1. The fourth-order valence-corrected chi connectivity index (χ4v) is 1.49. The van der Waals surface area contributed by atoms with Crippen molar-refractivity contribution in [2.75, 3.05) is 6.54 Å². The van der Waals surface area contributed by atoms with Gasteiger partial charge >= 0.3 is 6.18 Å². The summed E-state index contributed by atoms with van der Waals surface area (Å²) in [6.45, 7) is 1.62. The van der Waals surface area contributed by atoms with E-state index in [0.29, 0.717) is 5.56 Å². The largest absolute Gasteiger partial charge is 0.417 e. The van der Waals surface area contributed by atoms with E-state index in [1.54, 1.807) is 6.08 Å². The van der Waals surface area contributed by atoms with Crippen molar-refractivity contribution in [3.05, 3.63) is 40.4 Å². The summed E-state index contributed by atoms with van der Waals surface area (Å²) in [6, 6.07) is 3.64. The van der Waals surface area contributed by atoms with E-state index in [2.05, 4.69) is 5.32 Å². The summed E-state index contributed by atoms with van der Waals surface area (Å²) in [5.41, 5.74) is -0.497. The average molecular weight is 278 g/mol. The van der Waals surface area contributed by atoms with E-state index in [0.717, 1.165) is 6.07 Å². The lowest BCUT2D eigenvalue weighted by Crippen LogP contribution is -2.19. The van der Waals surface area contributed by atoms with Crippen LogP contribution in [-0.4, -0.2) is 12.5 Å². The second-order valence-electron chi connectivity index (χ2n) is 3.58. The molecular formula is C12H11ClF3NO. The maximum Gasteiger partial charge on any atom is 0.417 e. The molecule has 1 amide bonds. The predicted molar refractivity (Wildman–Crippen MR) is 64.2 cm³/mol. The van der Waals surface area contributed by atoms with E-state index >= 15 is 0 Å². The summed E-state index contributed by atoms with van der Waals surface area (Å²) in [5.74, 6) is -0.202. The molecule has 0 aliphatic carbocycles. The Kier molecular flexibility index (Phi) is 4.78. The van der Waals surface area contributed by atoms with Crippen molar-refractivity contribution in [1.29, 1.82) is 0 Å². The van der Waals surface area contributed by atoms with Gasteiger partial charge in [0, 0.05) is 13.5 Å². The molecule has 2 nitrogen and oxygen atoms in total. The van der Waals surface area contributed by atoms with Crippen LogP contribution in [-0.2, 0) is 11.0 Å². The van der Waals surface area contributed by atoms with E-state index in [1.165, 1.54) is 25.1 Å². The maximum atomic E-state index is 12.6. The number of alkyl halides is 3. The third-order valence-electron chi connectivity index (χ3n) is 2.07. The molecule has 0 heterocycles. The minimum Gasteiger partial charge on any atom is -0.353 e. The lowest BCUT2D eigenvalue weighted by Gasteiger charge is -2.09. The van der Waals surface area contributed by atoms with Gasteiger partial charge in [0.05, 0.1) is 10.6 Å². The fourth-order valence-electron chi connectivity index (χ4n) is 1.26. The smallest absolute Gasteiger partial charge is 0.353 e. The van der Waals surface area contributed by atoms with Crippen LogP contribution in [0.4, 0.5) is 13.2 Å². The number of rotatable bonds is 3. The second kappa shape index (κ2) is 5.91. The Labute approximate surface area is 107 Å². The van der Waals surface area contributed by atoms with Crippen LogP contribution in [0, 0.1) is 0 Å². The molecule has 0 spiro atoms. The third-order valence-corrected chi connectivity index (χ3v) is 2.40. The van der Waals surface area contributed by atoms with Crippen molar-refractivity contribution in [3.63, 3.8) is 0 Å². The van der Waals surface area contributed by atoms with Gasteiger partial charge in [0.15, 0.2) is 0 Å². The molecule has 1 aromatic rings. The van der Waals surface area contributed by atoms with Gasteiger partial charge in [-0.05, 0) is 17.7 Å². The Bertz CT molecular complexity index is 469. The minimum atomic E-state index is -4.47. The Hall–Kier alpha value is -1.49. The van der Waals surface area contributed by atoms with E-state index in [9.17, 15) is 18.0 Å². The number of nitrogens with one attached hydrogen (secondary N) is 1. The van der Waals surface area contributed by atoms with Crippen molar-refractivity contribution in [2.24, 2.45) is 0 Å². The van der Waals surface area contributed by atoms with Crippen molar-refractivity contribution in [3.8, 4) is 0 Å². The molecule has 0 aliphatic rings. The van der Waals surface area contributed by atoms with Crippen molar-refractivity contribution in [2.45, 2.75) is 13.1 Å². The van der Waals surface area contributed by atoms with Gasteiger partial charge in [0.1, 0.15) is 0 Å². The molecule has 1 N–H and O–H groups in total. The molecule has 0 fully saturated rings. The number of hydrogen-bond acceptors (Lipinski definition) is 1. The Morgan fingerprint density at radius 1 is 1.44 bits per heavy atom. The van der Waals surface area contributed by atoms with Gasteiger partial charge in [0.2, 0.25) is 5.91 Å². The zero-order valence-corrected chi connectivity index (χ0v) is 10.3. The first-order valence-corrected chi connectivity index (χ1v) is 5.46. The predicted octanol–water partition coefficient (Wildman–Crippen LogP) is 3.51. The van der Waals surface area contributed by atoms with E-state index in [1.807, 2.05) is 0 Å². The third kappa shape index (κ3) is 4.41. The summed E-state index contributed by atoms with van der Waals surface area (Å²) >= 11 is 5.48. The van der Waals surface area contributed by atoms with E-state index in [-0.39, 0.29) is 17.5 Å². The lowest BCUT2D eigenvalue weighted by atomic mass is 10.1. The van der Waals surface area contributed by atoms with Crippen LogP contribution in [0.2, 0.25) is 5.02 Å². The quantitative estimate of drug-likeness (QED) is 0.900. The molecule has 0 saturated carbocycles. The topological polar surface area (TPSA) is 29.1 Å². The van der Waals surface area contributed by atoms with E-state index in [4.69, 9.17) is 11.6 Å². The first kappa shape index (κ1) is 14.6. The molecule has 0 bridgehead atoms. The molecule has 18 heavy (non-hydrogen) atoms. The summed E-state index contributed by atoms with van der Waals surface area (Å²) in [7, 11) is 0. The maximum absolute atomic E-state index is 12.6. The van der Waals surface area contributed by atoms with Gasteiger partial charge in [-0.3, -0.25) is 4.79 Å². The Morgan fingerprint density at radius 2 is 2.11 bits per heavy atom. The molecule has 1 aromatic carbocycles. The normalized spacial score (nSPS) is 11.8. The second-order valence-corrected chi connectivity index (χ2v) is 3.98. The number of carbonyl (C=O) groups excluding carboxylic acids is 1. The average Bonchev–Trinajstić information content (AvgIpc) is 2.24. The highest BCUT2D eigenvalue weighted by atomic mass is 35.5. The molecular weight excluding hydrogens is 267 g/mol. The highest BCUT2D eigenvalue weighted by Crippen LogP contribution is 2.35. The van der Waals surface area contributed by atoms with Gasteiger partial charge in [-0.2, -0.15) is 13.2 Å². The van der Waals surface area contributed by atoms with Crippen LogP contribution in [0.3, 0.4) is 0 Å². The Morgan fingerprint density at radius 3 is 2.67 bits per heavy atom. The summed E-state index contributed by atoms with van der Waals surface area (Å²) in [6.07, 6.45) is -1.43.